The number of aliphatic hydroxyl groups excluding tert-OH is 1. The lowest BCUT2D eigenvalue weighted by molar-refractivity contribution is 0.152. The Kier molecular flexibility index (Phi) is 3.54. The van der Waals surface area contributed by atoms with E-state index in [1.807, 2.05) is 25.1 Å². The summed E-state index contributed by atoms with van der Waals surface area (Å²) in [5.41, 5.74) is 2.32. The lowest BCUT2D eigenvalue weighted by atomic mass is 10.2. The van der Waals surface area contributed by atoms with Crippen molar-refractivity contribution in [3.63, 3.8) is 0 Å². The van der Waals surface area contributed by atoms with E-state index in [2.05, 4.69) is 9.88 Å². The number of aryl methyl sites for hydroxylation is 1. The van der Waals surface area contributed by atoms with Crippen molar-refractivity contribution < 1.29 is 5.11 Å². The Bertz CT molecular complexity index is 680. The van der Waals surface area contributed by atoms with Gasteiger partial charge >= 0.3 is 0 Å². The Morgan fingerprint density at radius 1 is 1.45 bits per heavy atom. The molecular weight excluding hydrogens is 254 g/mol. The van der Waals surface area contributed by atoms with Crippen molar-refractivity contribution in [3.05, 3.63) is 46.0 Å². The minimum absolute atomic E-state index is 0.0390. The van der Waals surface area contributed by atoms with Crippen molar-refractivity contribution in [2.45, 2.75) is 32.4 Å². The summed E-state index contributed by atoms with van der Waals surface area (Å²) in [5.74, 6) is 0. The van der Waals surface area contributed by atoms with Gasteiger partial charge in [0.1, 0.15) is 5.65 Å². The molecule has 1 aliphatic heterocycles. The molecule has 106 valence electrons. The van der Waals surface area contributed by atoms with Gasteiger partial charge in [0, 0.05) is 24.3 Å². The fraction of sp³-hybridized carbons (Fsp3) is 0.467. The second kappa shape index (κ2) is 5.34. The Morgan fingerprint density at radius 2 is 2.30 bits per heavy atom. The van der Waals surface area contributed by atoms with Crippen molar-refractivity contribution in [3.8, 4) is 0 Å². The molecule has 1 fully saturated rings. The second-order valence-electron chi connectivity index (χ2n) is 5.40. The van der Waals surface area contributed by atoms with E-state index >= 15 is 0 Å². The number of hydrogen-bond donors (Lipinski definition) is 1. The first-order chi connectivity index (χ1) is 9.69. The predicted molar refractivity (Wildman–Crippen MR) is 76.7 cm³/mol. The first-order valence-corrected chi connectivity index (χ1v) is 7.02. The summed E-state index contributed by atoms with van der Waals surface area (Å²) in [6.07, 6.45) is 2.11. The molecule has 0 radical (unpaired) electrons. The third-order valence-electron chi connectivity index (χ3n) is 4.01. The topological polar surface area (TPSA) is 57.8 Å². The number of aliphatic hydroxyl groups is 1. The van der Waals surface area contributed by atoms with Gasteiger partial charge in [-0.05, 0) is 38.4 Å². The van der Waals surface area contributed by atoms with Gasteiger partial charge in [-0.2, -0.15) is 0 Å². The SMILES string of the molecule is Cc1cccc2nc(CN3CCCC3CO)cc(=O)n12. The number of pyridine rings is 1. The van der Waals surface area contributed by atoms with Crippen LogP contribution in [0.15, 0.2) is 29.1 Å². The van der Waals surface area contributed by atoms with Crippen molar-refractivity contribution in [1.29, 1.82) is 0 Å². The smallest absolute Gasteiger partial charge is 0.258 e. The molecule has 0 aromatic carbocycles. The zero-order valence-corrected chi connectivity index (χ0v) is 11.6. The fourth-order valence-corrected chi connectivity index (χ4v) is 2.96. The number of hydrogen-bond acceptors (Lipinski definition) is 4. The van der Waals surface area contributed by atoms with Crippen molar-refractivity contribution in [2.75, 3.05) is 13.2 Å². The molecule has 0 amide bonds. The maximum Gasteiger partial charge on any atom is 0.258 e. The quantitative estimate of drug-likeness (QED) is 0.905. The third kappa shape index (κ3) is 2.34. The Labute approximate surface area is 117 Å². The highest BCUT2D eigenvalue weighted by Gasteiger charge is 2.24. The largest absolute Gasteiger partial charge is 0.395 e. The average Bonchev–Trinajstić information content (AvgIpc) is 2.85. The van der Waals surface area contributed by atoms with Gasteiger partial charge < -0.3 is 5.11 Å². The molecule has 1 N–H and O–H groups in total. The summed E-state index contributed by atoms with van der Waals surface area (Å²) in [6, 6.07) is 7.47. The summed E-state index contributed by atoms with van der Waals surface area (Å²) < 4.78 is 1.62. The van der Waals surface area contributed by atoms with Crippen LogP contribution in [-0.2, 0) is 6.54 Å². The van der Waals surface area contributed by atoms with Gasteiger partial charge in [-0.25, -0.2) is 4.98 Å². The highest BCUT2D eigenvalue weighted by atomic mass is 16.3. The van der Waals surface area contributed by atoms with E-state index in [0.29, 0.717) is 12.2 Å². The predicted octanol–water partition coefficient (Wildman–Crippen LogP) is 0.960. The van der Waals surface area contributed by atoms with Gasteiger partial charge in [-0.3, -0.25) is 14.1 Å². The lowest BCUT2D eigenvalue weighted by Gasteiger charge is -2.22. The Morgan fingerprint density at radius 3 is 3.10 bits per heavy atom. The molecule has 1 unspecified atom stereocenters. The minimum Gasteiger partial charge on any atom is -0.395 e. The van der Waals surface area contributed by atoms with Crippen LogP contribution in [-0.4, -0.2) is 38.6 Å². The monoisotopic (exact) mass is 273 g/mol. The number of nitrogens with zero attached hydrogens (tertiary/aromatic N) is 3. The van der Waals surface area contributed by atoms with Crippen molar-refractivity contribution >= 4 is 5.65 Å². The number of rotatable bonds is 3. The van der Waals surface area contributed by atoms with Crippen LogP contribution in [0, 0.1) is 6.92 Å². The van der Waals surface area contributed by atoms with E-state index in [0.717, 1.165) is 30.8 Å². The van der Waals surface area contributed by atoms with Crippen molar-refractivity contribution in [2.24, 2.45) is 0 Å². The fourth-order valence-electron chi connectivity index (χ4n) is 2.96. The molecule has 5 nitrogen and oxygen atoms in total. The Hall–Kier alpha value is -1.72. The average molecular weight is 273 g/mol. The normalized spacial score (nSPS) is 19.8. The van der Waals surface area contributed by atoms with Gasteiger partial charge in [0.2, 0.25) is 0 Å². The van der Waals surface area contributed by atoms with Gasteiger partial charge in [0.05, 0.1) is 12.3 Å². The number of aromatic nitrogens is 2. The molecule has 0 saturated carbocycles. The van der Waals surface area contributed by atoms with Crippen LogP contribution >= 0.6 is 0 Å². The van der Waals surface area contributed by atoms with Crippen LogP contribution in [0.2, 0.25) is 0 Å². The number of likely N-dealkylation sites (tertiary alicyclic amines) is 1. The molecule has 1 saturated heterocycles. The van der Waals surface area contributed by atoms with Gasteiger partial charge in [-0.15, -0.1) is 0 Å². The zero-order chi connectivity index (χ0) is 14.1. The molecule has 2 aromatic heterocycles. The van der Waals surface area contributed by atoms with Crippen molar-refractivity contribution in [1.82, 2.24) is 14.3 Å². The van der Waals surface area contributed by atoms with E-state index in [9.17, 15) is 9.90 Å². The first kappa shape index (κ1) is 13.3. The molecule has 0 spiro atoms. The molecule has 20 heavy (non-hydrogen) atoms. The van der Waals surface area contributed by atoms with E-state index in [1.54, 1.807) is 10.5 Å². The molecule has 0 bridgehead atoms. The van der Waals surface area contributed by atoms with E-state index < -0.39 is 0 Å². The molecule has 1 atom stereocenters. The second-order valence-corrected chi connectivity index (χ2v) is 5.40. The van der Waals surface area contributed by atoms with Crippen LogP contribution < -0.4 is 5.56 Å². The van der Waals surface area contributed by atoms with Gasteiger partial charge in [-0.1, -0.05) is 6.07 Å². The molecule has 3 rings (SSSR count). The van der Waals surface area contributed by atoms with Gasteiger partial charge in [0.15, 0.2) is 0 Å². The summed E-state index contributed by atoms with van der Waals surface area (Å²) >= 11 is 0. The molecule has 1 aliphatic rings. The summed E-state index contributed by atoms with van der Waals surface area (Å²) in [5, 5.41) is 9.35. The van der Waals surface area contributed by atoms with Gasteiger partial charge in [0.25, 0.3) is 5.56 Å². The van der Waals surface area contributed by atoms with Crippen LogP contribution in [0.4, 0.5) is 0 Å². The molecule has 5 heteroatoms. The van der Waals surface area contributed by atoms with Crippen LogP contribution in [0.3, 0.4) is 0 Å². The molecular formula is C15H19N3O2. The zero-order valence-electron chi connectivity index (χ0n) is 11.6. The lowest BCUT2D eigenvalue weighted by Crippen LogP contribution is -2.32. The minimum atomic E-state index is -0.0390. The standard InChI is InChI=1S/C15H19N3O2/c1-11-4-2-6-14-16-12(8-15(20)18(11)14)9-17-7-3-5-13(17)10-19/h2,4,6,8,13,19H,3,5,7,9-10H2,1H3. The summed E-state index contributed by atoms with van der Waals surface area (Å²) in [7, 11) is 0. The van der Waals surface area contributed by atoms with Crippen LogP contribution in [0.5, 0.6) is 0 Å². The molecule has 2 aromatic rings. The van der Waals surface area contributed by atoms with E-state index in [1.165, 1.54) is 0 Å². The van der Waals surface area contributed by atoms with E-state index in [-0.39, 0.29) is 18.2 Å². The maximum atomic E-state index is 12.2. The summed E-state index contributed by atoms with van der Waals surface area (Å²) in [6.45, 7) is 3.66. The van der Waals surface area contributed by atoms with Crippen LogP contribution in [0.25, 0.3) is 5.65 Å². The first-order valence-electron chi connectivity index (χ1n) is 7.02. The highest BCUT2D eigenvalue weighted by Crippen LogP contribution is 2.18. The van der Waals surface area contributed by atoms with Crippen LogP contribution in [0.1, 0.15) is 24.2 Å². The summed E-state index contributed by atoms with van der Waals surface area (Å²) in [4.78, 5) is 19.0. The Balaban J connectivity index is 1.95. The maximum absolute atomic E-state index is 12.2. The molecule has 3 heterocycles. The number of fused-ring (bicyclic) bond motifs is 1. The molecule has 0 aliphatic carbocycles. The third-order valence-corrected chi connectivity index (χ3v) is 4.01. The van der Waals surface area contributed by atoms with E-state index in [4.69, 9.17) is 0 Å². The highest BCUT2D eigenvalue weighted by molar-refractivity contribution is 5.40.